The summed E-state index contributed by atoms with van der Waals surface area (Å²) in [5.41, 5.74) is 12.0. The molecule has 0 spiro atoms. The van der Waals surface area contributed by atoms with Crippen LogP contribution in [0.4, 0.5) is 0 Å². The van der Waals surface area contributed by atoms with E-state index in [1.807, 2.05) is 21.6 Å². The Hall–Kier alpha value is 1.20. The monoisotopic (exact) mass is 336 g/mol. The highest BCUT2D eigenvalue weighted by molar-refractivity contribution is 8.77. The fourth-order valence-electron chi connectivity index (χ4n) is 0.423. The maximum atomic E-state index is 6.19. The average Bonchev–Trinajstić information content (AvgIpc) is 1.97. The first kappa shape index (κ1) is 24.2. The molecule has 0 aliphatic rings. The topological polar surface area (TPSA) is 52.0 Å². The van der Waals surface area contributed by atoms with Gasteiger partial charge in [-0.25, -0.2) is 0 Å². The van der Waals surface area contributed by atoms with Gasteiger partial charge in [-0.05, 0) is 55.4 Å². The van der Waals surface area contributed by atoms with Crippen LogP contribution in [0.3, 0.4) is 0 Å². The highest BCUT2D eigenvalue weighted by Crippen LogP contribution is 2.49. The van der Waals surface area contributed by atoms with E-state index < -0.39 is 0 Å². The first-order valence-electron chi connectivity index (χ1n) is 5.65. The van der Waals surface area contributed by atoms with E-state index in [0.29, 0.717) is 0 Å². The third-order valence-electron chi connectivity index (χ3n) is 3.56. The lowest BCUT2D eigenvalue weighted by Crippen LogP contribution is -2.52. The van der Waals surface area contributed by atoms with Crippen molar-refractivity contribution in [2.45, 2.75) is 76.0 Å². The molecule has 0 aliphatic heterocycles. The van der Waals surface area contributed by atoms with Gasteiger partial charge < -0.3 is 11.5 Å². The van der Waals surface area contributed by atoms with Gasteiger partial charge in [-0.2, -0.15) is 0 Å². The Bertz CT molecular complexity index is 217. The second kappa shape index (κ2) is 7.28. The molecule has 0 aromatic carbocycles. The van der Waals surface area contributed by atoms with Crippen molar-refractivity contribution in [3.8, 4) is 0 Å². The van der Waals surface area contributed by atoms with Crippen LogP contribution in [0.2, 0.25) is 0 Å². The highest BCUT2D eigenvalue weighted by atomic mass is 35.5. The minimum atomic E-state index is -0.209. The molecule has 0 rings (SSSR count). The van der Waals surface area contributed by atoms with Gasteiger partial charge in [0.25, 0.3) is 0 Å². The molecule has 0 atom stereocenters. The van der Waals surface area contributed by atoms with Gasteiger partial charge in [0.15, 0.2) is 0 Å². The Morgan fingerprint density at radius 2 is 0.722 bits per heavy atom. The highest BCUT2D eigenvalue weighted by Gasteiger charge is 2.40. The van der Waals surface area contributed by atoms with Crippen LogP contribution in [-0.2, 0) is 0 Å². The number of nitrogens with two attached hydrogens (primary N) is 2. The predicted molar refractivity (Wildman–Crippen MR) is 94.4 cm³/mol. The molecule has 0 aromatic heterocycles. The van der Waals surface area contributed by atoms with Crippen LogP contribution in [0.15, 0.2) is 0 Å². The van der Waals surface area contributed by atoms with Crippen LogP contribution >= 0.6 is 46.4 Å². The van der Waals surface area contributed by atoms with Crippen molar-refractivity contribution in [1.82, 2.24) is 0 Å². The number of rotatable bonds is 5. The standard InChI is InChI=1S/C12H28N2S2.2ClH/c1-9(2,13)11(5,6)15-16-12(7,8)10(3,4)14;;/h13-14H2,1-8H3;2*1H. The fourth-order valence-corrected chi connectivity index (χ4v) is 3.81. The second-order valence-electron chi connectivity index (χ2n) is 6.63. The van der Waals surface area contributed by atoms with E-state index in [4.69, 9.17) is 11.5 Å². The summed E-state index contributed by atoms with van der Waals surface area (Å²) in [5, 5.41) is 0. The van der Waals surface area contributed by atoms with Crippen LogP contribution < -0.4 is 11.5 Å². The largest absolute Gasteiger partial charge is 0.324 e. The molecule has 0 radical (unpaired) electrons. The Kier molecular flexibility index (Phi) is 9.80. The summed E-state index contributed by atoms with van der Waals surface area (Å²) in [6.07, 6.45) is 0. The van der Waals surface area contributed by atoms with Crippen molar-refractivity contribution in [2.75, 3.05) is 0 Å². The first-order valence-corrected chi connectivity index (χ1v) is 7.80. The molecule has 0 fully saturated rings. The molecular weight excluding hydrogens is 307 g/mol. The lowest BCUT2D eigenvalue weighted by atomic mass is 9.91. The summed E-state index contributed by atoms with van der Waals surface area (Å²) in [4.78, 5) is 0. The quantitative estimate of drug-likeness (QED) is 0.737. The first-order chi connectivity index (χ1) is 6.71. The molecule has 0 heterocycles. The van der Waals surface area contributed by atoms with Crippen molar-refractivity contribution >= 4 is 46.4 Å². The van der Waals surface area contributed by atoms with Crippen LogP contribution in [-0.4, -0.2) is 20.6 Å². The summed E-state index contributed by atoms with van der Waals surface area (Å²) >= 11 is 0. The number of hydrogen-bond acceptors (Lipinski definition) is 4. The van der Waals surface area contributed by atoms with Crippen molar-refractivity contribution in [2.24, 2.45) is 11.5 Å². The van der Waals surface area contributed by atoms with Crippen molar-refractivity contribution in [1.29, 1.82) is 0 Å². The van der Waals surface area contributed by atoms with Crippen molar-refractivity contribution in [3.05, 3.63) is 0 Å². The Morgan fingerprint density at radius 3 is 0.833 bits per heavy atom. The van der Waals surface area contributed by atoms with Gasteiger partial charge in [0.05, 0.1) is 0 Å². The van der Waals surface area contributed by atoms with Gasteiger partial charge in [-0.15, -0.1) is 24.8 Å². The summed E-state index contributed by atoms with van der Waals surface area (Å²) in [7, 11) is 3.66. The zero-order chi connectivity index (χ0) is 13.4. The third kappa shape index (κ3) is 6.58. The van der Waals surface area contributed by atoms with Crippen LogP contribution in [0.1, 0.15) is 55.4 Å². The van der Waals surface area contributed by atoms with Crippen LogP contribution in [0.5, 0.6) is 0 Å². The van der Waals surface area contributed by atoms with E-state index in [2.05, 4.69) is 55.4 Å². The lowest BCUT2D eigenvalue weighted by Gasteiger charge is -2.43. The van der Waals surface area contributed by atoms with E-state index >= 15 is 0 Å². The average molecular weight is 337 g/mol. The van der Waals surface area contributed by atoms with Crippen molar-refractivity contribution in [3.63, 3.8) is 0 Å². The Balaban J connectivity index is -0.00000112. The van der Waals surface area contributed by atoms with Gasteiger partial charge in [0, 0.05) is 20.6 Å². The molecule has 18 heavy (non-hydrogen) atoms. The molecule has 0 unspecified atom stereocenters. The second-order valence-corrected chi connectivity index (χ2v) is 10.0. The SMILES string of the molecule is CC(C)(N)C(C)(C)SSC(C)(C)C(C)(C)N.Cl.Cl. The molecule has 0 saturated heterocycles. The minimum absolute atomic E-state index is 0. The molecule has 0 saturated carbocycles. The molecule has 0 bridgehead atoms. The Labute approximate surface area is 133 Å². The predicted octanol–water partition coefficient (Wildman–Crippen LogP) is 4.24. The smallest absolute Gasteiger partial charge is 0.0381 e. The van der Waals surface area contributed by atoms with E-state index in [0.717, 1.165) is 0 Å². The van der Waals surface area contributed by atoms with Gasteiger partial charge in [0.1, 0.15) is 0 Å². The molecule has 0 aliphatic carbocycles. The van der Waals surface area contributed by atoms with Gasteiger partial charge in [0.2, 0.25) is 0 Å². The maximum absolute atomic E-state index is 6.19. The molecule has 4 N–H and O–H groups in total. The van der Waals surface area contributed by atoms with E-state index in [-0.39, 0.29) is 45.4 Å². The molecule has 0 amide bonds. The van der Waals surface area contributed by atoms with E-state index in [1.54, 1.807) is 0 Å². The molecule has 2 nitrogen and oxygen atoms in total. The van der Waals surface area contributed by atoms with Crippen molar-refractivity contribution < 1.29 is 0 Å². The lowest BCUT2D eigenvalue weighted by molar-refractivity contribution is 0.409. The summed E-state index contributed by atoms with van der Waals surface area (Å²) in [6.45, 7) is 17.0. The van der Waals surface area contributed by atoms with Gasteiger partial charge in [-0.3, -0.25) is 0 Å². The molecule has 6 heteroatoms. The molecule has 114 valence electrons. The van der Waals surface area contributed by atoms with Gasteiger partial charge >= 0.3 is 0 Å². The maximum Gasteiger partial charge on any atom is 0.0381 e. The number of hydrogen-bond donors (Lipinski definition) is 2. The zero-order valence-electron chi connectivity index (χ0n) is 12.8. The molecular formula is C12H30Cl2N2S2. The summed E-state index contributed by atoms with van der Waals surface area (Å²) in [5.74, 6) is 0. The normalized spacial score (nSPS) is 13.7. The Morgan fingerprint density at radius 1 is 0.556 bits per heavy atom. The van der Waals surface area contributed by atoms with Crippen LogP contribution in [0.25, 0.3) is 0 Å². The van der Waals surface area contributed by atoms with E-state index in [9.17, 15) is 0 Å². The van der Waals surface area contributed by atoms with Gasteiger partial charge in [-0.1, -0.05) is 21.6 Å². The van der Waals surface area contributed by atoms with Crippen LogP contribution in [0, 0.1) is 0 Å². The fraction of sp³-hybridized carbons (Fsp3) is 1.00. The van der Waals surface area contributed by atoms with E-state index in [1.165, 1.54) is 0 Å². The zero-order valence-corrected chi connectivity index (χ0v) is 16.1. The summed E-state index contributed by atoms with van der Waals surface area (Å²) < 4.78 is 0.0281. The third-order valence-corrected chi connectivity index (χ3v) is 8.28. The molecule has 0 aromatic rings. The number of halogens is 2. The minimum Gasteiger partial charge on any atom is -0.324 e. The summed E-state index contributed by atoms with van der Waals surface area (Å²) in [6, 6.07) is 0.